The fourth-order valence-electron chi connectivity index (χ4n) is 3.19. The Morgan fingerprint density at radius 3 is 2.83 bits per heavy atom. The van der Waals surface area contributed by atoms with Crippen LogP contribution < -0.4 is 5.73 Å². The summed E-state index contributed by atoms with van der Waals surface area (Å²) in [5.41, 5.74) is 7.23. The molecule has 1 saturated carbocycles. The summed E-state index contributed by atoms with van der Waals surface area (Å²) >= 11 is 0. The SMILES string of the molecule is Cc1occc1CN(C)C1CC(C)CCC1CN. The van der Waals surface area contributed by atoms with Crippen LogP contribution in [0.4, 0.5) is 0 Å². The lowest BCUT2D eigenvalue weighted by Gasteiger charge is -2.40. The summed E-state index contributed by atoms with van der Waals surface area (Å²) in [6, 6.07) is 2.70. The fourth-order valence-corrected chi connectivity index (χ4v) is 3.19. The van der Waals surface area contributed by atoms with Crippen molar-refractivity contribution in [2.24, 2.45) is 17.6 Å². The number of aryl methyl sites for hydroxylation is 1. The van der Waals surface area contributed by atoms with Crippen LogP contribution in [0.5, 0.6) is 0 Å². The molecule has 1 heterocycles. The van der Waals surface area contributed by atoms with Gasteiger partial charge in [0, 0.05) is 18.2 Å². The molecule has 3 heteroatoms. The summed E-state index contributed by atoms with van der Waals surface area (Å²) in [6.07, 6.45) is 5.66. The van der Waals surface area contributed by atoms with Crippen molar-refractivity contribution < 1.29 is 4.42 Å². The van der Waals surface area contributed by atoms with Gasteiger partial charge in [-0.1, -0.05) is 13.3 Å². The van der Waals surface area contributed by atoms with Crippen LogP contribution in [0.1, 0.15) is 37.5 Å². The molecule has 1 aromatic rings. The van der Waals surface area contributed by atoms with Gasteiger partial charge < -0.3 is 10.2 Å². The molecule has 0 aliphatic heterocycles. The lowest BCUT2D eigenvalue weighted by atomic mass is 9.78. The molecule has 0 amide bonds. The highest BCUT2D eigenvalue weighted by Gasteiger charge is 2.30. The van der Waals surface area contributed by atoms with Crippen LogP contribution in [-0.4, -0.2) is 24.5 Å². The Kier molecular flexibility index (Phi) is 4.46. The van der Waals surface area contributed by atoms with Crippen LogP contribution in [0.25, 0.3) is 0 Å². The van der Waals surface area contributed by atoms with Gasteiger partial charge in [0.15, 0.2) is 0 Å². The Morgan fingerprint density at radius 1 is 1.44 bits per heavy atom. The highest BCUT2D eigenvalue weighted by molar-refractivity contribution is 5.15. The van der Waals surface area contributed by atoms with E-state index in [2.05, 4.69) is 24.9 Å². The molecule has 0 saturated heterocycles. The Labute approximate surface area is 110 Å². The molecule has 0 aromatic carbocycles. The average molecular weight is 250 g/mol. The van der Waals surface area contributed by atoms with E-state index in [1.165, 1.54) is 24.8 Å². The lowest BCUT2D eigenvalue weighted by molar-refractivity contribution is 0.103. The maximum atomic E-state index is 5.93. The molecule has 102 valence electrons. The molecule has 0 spiro atoms. The van der Waals surface area contributed by atoms with Gasteiger partial charge in [0.25, 0.3) is 0 Å². The Bertz CT molecular complexity index is 374. The Morgan fingerprint density at radius 2 is 2.22 bits per heavy atom. The van der Waals surface area contributed by atoms with Gasteiger partial charge >= 0.3 is 0 Å². The number of nitrogens with two attached hydrogens (primary N) is 1. The van der Waals surface area contributed by atoms with Gasteiger partial charge in [-0.15, -0.1) is 0 Å². The van der Waals surface area contributed by atoms with Gasteiger partial charge in [0.05, 0.1) is 6.26 Å². The first-order valence-corrected chi connectivity index (χ1v) is 7.05. The molecule has 3 nitrogen and oxygen atoms in total. The second-order valence-electron chi connectivity index (χ2n) is 5.90. The number of nitrogens with zero attached hydrogens (tertiary/aromatic N) is 1. The lowest BCUT2D eigenvalue weighted by Crippen LogP contribution is -2.44. The highest BCUT2D eigenvalue weighted by Crippen LogP contribution is 2.32. The number of rotatable bonds is 4. The summed E-state index contributed by atoms with van der Waals surface area (Å²) in [4.78, 5) is 2.46. The Hall–Kier alpha value is -0.800. The third kappa shape index (κ3) is 2.96. The molecular formula is C15H26N2O. The zero-order valence-corrected chi connectivity index (χ0v) is 11.9. The minimum atomic E-state index is 0.619. The van der Waals surface area contributed by atoms with Crippen molar-refractivity contribution in [3.63, 3.8) is 0 Å². The van der Waals surface area contributed by atoms with Crippen LogP contribution in [0.2, 0.25) is 0 Å². The van der Waals surface area contributed by atoms with Crippen LogP contribution in [0.3, 0.4) is 0 Å². The second-order valence-corrected chi connectivity index (χ2v) is 5.90. The summed E-state index contributed by atoms with van der Waals surface area (Å²) in [5, 5.41) is 0. The van der Waals surface area contributed by atoms with Gasteiger partial charge in [-0.3, -0.25) is 4.90 Å². The van der Waals surface area contributed by atoms with E-state index in [-0.39, 0.29) is 0 Å². The molecule has 0 radical (unpaired) electrons. The van der Waals surface area contributed by atoms with Crippen molar-refractivity contribution in [3.05, 3.63) is 23.7 Å². The van der Waals surface area contributed by atoms with Crippen molar-refractivity contribution in [2.45, 2.75) is 45.7 Å². The number of hydrogen-bond donors (Lipinski definition) is 1. The van der Waals surface area contributed by atoms with E-state index in [9.17, 15) is 0 Å². The first-order valence-electron chi connectivity index (χ1n) is 7.05. The van der Waals surface area contributed by atoms with E-state index in [1.807, 2.05) is 6.92 Å². The summed E-state index contributed by atoms with van der Waals surface area (Å²) < 4.78 is 5.38. The minimum Gasteiger partial charge on any atom is -0.469 e. The molecule has 3 atom stereocenters. The average Bonchev–Trinajstić information content (AvgIpc) is 2.75. The minimum absolute atomic E-state index is 0.619. The normalized spacial score (nSPS) is 28.8. The zero-order chi connectivity index (χ0) is 13.1. The predicted octanol–water partition coefficient (Wildman–Crippen LogP) is 2.78. The van der Waals surface area contributed by atoms with Crippen molar-refractivity contribution in [2.75, 3.05) is 13.6 Å². The third-order valence-corrected chi connectivity index (χ3v) is 4.47. The van der Waals surface area contributed by atoms with Crippen molar-refractivity contribution in [3.8, 4) is 0 Å². The second kappa shape index (κ2) is 5.89. The maximum absolute atomic E-state index is 5.93. The van der Waals surface area contributed by atoms with E-state index in [0.717, 1.165) is 24.8 Å². The first-order chi connectivity index (χ1) is 8.61. The summed E-state index contributed by atoms with van der Waals surface area (Å²) in [5.74, 6) is 2.51. The quantitative estimate of drug-likeness (QED) is 0.893. The molecule has 18 heavy (non-hydrogen) atoms. The van der Waals surface area contributed by atoms with Gasteiger partial charge in [0.2, 0.25) is 0 Å². The van der Waals surface area contributed by atoms with Crippen molar-refractivity contribution in [1.82, 2.24) is 4.90 Å². The van der Waals surface area contributed by atoms with E-state index >= 15 is 0 Å². The third-order valence-electron chi connectivity index (χ3n) is 4.47. The van der Waals surface area contributed by atoms with E-state index in [4.69, 9.17) is 10.2 Å². The topological polar surface area (TPSA) is 42.4 Å². The molecule has 0 bridgehead atoms. The highest BCUT2D eigenvalue weighted by atomic mass is 16.3. The summed E-state index contributed by atoms with van der Waals surface area (Å²) in [6.45, 7) is 6.17. The molecule has 1 aromatic heterocycles. The molecule has 2 N–H and O–H groups in total. The largest absolute Gasteiger partial charge is 0.469 e. The maximum Gasteiger partial charge on any atom is 0.105 e. The number of hydrogen-bond acceptors (Lipinski definition) is 3. The molecule has 1 fully saturated rings. The summed E-state index contributed by atoms with van der Waals surface area (Å²) in [7, 11) is 2.22. The van der Waals surface area contributed by atoms with Crippen LogP contribution in [-0.2, 0) is 6.54 Å². The monoisotopic (exact) mass is 250 g/mol. The molecule has 3 unspecified atom stereocenters. The zero-order valence-electron chi connectivity index (χ0n) is 11.9. The van der Waals surface area contributed by atoms with Crippen LogP contribution in [0.15, 0.2) is 16.7 Å². The van der Waals surface area contributed by atoms with Gasteiger partial charge in [-0.05, 0) is 51.3 Å². The molecule has 2 rings (SSSR count). The van der Waals surface area contributed by atoms with E-state index < -0.39 is 0 Å². The van der Waals surface area contributed by atoms with Crippen LogP contribution >= 0.6 is 0 Å². The fraction of sp³-hybridized carbons (Fsp3) is 0.733. The molecule has 1 aliphatic rings. The first kappa shape index (κ1) is 13.6. The number of furan rings is 1. The van der Waals surface area contributed by atoms with Gasteiger partial charge in [-0.25, -0.2) is 0 Å². The molecule has 1 aliphatic carbocycles. The molecular weight excluding hydrogens is 224 g/mol. The van der Waals surface area contributed by atoms with Crippen molar-refractivity contribution >= 4 is 0 Å². The van der Waals surface area contributed by atoms with E-state index in [0.29, 0.717) is 12.0 Å². The van der Waals surface area contributed by atoms with Gasteiger partial charge in [0.1, 0.15) is 5.76 Å². The Balaban J connectivity index is 2.02. The smallest absolute Gasteiger partial charge is 0.105 e. The van der Waals surface area contributed by atoms with Gasteiger partial charge in [-0.2, -0.15) is 0 Å². The van der Waals surface area contributed by atoms with E-state index in [1.54, 1.807) is 6.26 Å². The van der Waals surface area contributed by atoms with Crippen molar-refractivity contribution in [1.29, 1.82) is 0 Å². The van der Waals surface area contributed by atoms with Crippen LogP contribution in [0, 0.1) is 18.8 Å². The standard InChI is InChI=1S/C15H26N2O/c1-11-4-5-13(9-16)15(8-11)17(3)10-14-6-7-18-12(14)2/h6-7,11,13,15H,4-5,8-10,16H2,1-3H3. The predicted molar refractivity (Wildman–Crippen MR) is 74.3 cm³/mol.